The molecule has 1 N–H and O–H groups in total. The Hall–Kier alpha value is -1.73. The molecular formula is C13H11FN4S2. The molecule has 0 saturated carbocycles. The fraction of sp³-hybridized carbons (Fsp3) is 0.154. The molecule has 7 heteroatoms. The van der Waals surface area contributed by atoms with Crippen molar-refractivity contribution in [1.29, 1.82) is 0 Å². The molecule has 0 aliphatic carbocycles. The van der Waals surface area contributed by atoms with Gasteiger partial charge in [0, 0.05) is 11.1 Å². The van der Waals surface area contributed by atoms with Gasteiger partial charge in [-0.1, -0.05) is 23.9 Å². The number of halogens is 1. The molecule has 0 atom stereocenters. The Morgan fingerprint density at radius 2 is 2.15 bits per heavy atom. The largest absolute Gasteiger partial charge is 0.258 e. The molecule has 0 bridgehead atoms. The lowest BCUT2D eigenvalue weighted by Crippen LogP contribution is -1.85. The van der Waals surface area contributed by atoms with E-state index in [0.29, 0.717) is 22.3 Å². The van der Waals surface area contributed by atoms with Crippen LogP contribution in [-0.4, -0.2) is 20.2 Å². The van der Waals surface area contributed by atoms with Crippen LogP contribution < -0.4 is 0 Å². The van der Waals surface area contributed by atoms with Gasteiger partial charge in [0.1, 0.15) is 5.82 Å². The Morgan fingerprint density at radius 1 is 1.30 bits per heavy atom. The standard InChI is InChI=1S/C13H11FN4S2/c1-8-15-9(6-19-8)7-20-13-16-12(17-18-13)10-4-2-3-5-11(10)14/h2-6H,7H2,1H3,(H,16,17,18). The van der Waals surface area contributed by atoms with Crippen molar-refractivity contribution in [2.75, 3.05) is 0 Å². The van der Waals surface area contributed by atoms with Gasteiger partial charge in [-0.3, -0.25) is 5.10 Å². The predicted octanol–water partition coefficient (Wildman–Crippen LogP) is 3.67. The number of hydrogen-bond acceptors (Lipinski definition) is 5. The van der Waals surface area contributed by atoms with Gasteiger partial charge in [-0.05, 0) is 19.1 Å². The fourth-order valence-electron chi connectivity index (χ4n) is 1.70. The molecule has 4 nitrogen and oxygen atoms in total. The highest BCUT2D eigenvalue weighted by atomic mass is 32.2. The molecule has 2 aromatic heterocycles. The minimum Gasteiger partial charge on any atom is -0.258 e. The topological polar surface area (TPSA) is 54.5 Å². The summed E-state index contributed by atoms with van der Waals surface area (Å²) in [5.74, 6) is 0.842. The van der Waals surface area contributed by atoms with Gasteiger partial charge in [-0.15, -0.1) is 16.4 Å². The molecule has 0 amide bonds. The van der Waals surface area contributed by atoms with E-state index in [1.165, 1.54) is 17.8 Å². The van der Waals surface area contributed by atoms with Crippen molar-refractivity contribution in [2.45, 2.75) is 17.8 Å². The second-order valence-electron chi connectivity index (χ2n) is 4.09. The summed E-state index contributed by atoms with van der Waals surface area (Å²) in [7, 11) is 0. The van der Waals surface area contributed by atoms with Crippen molar-refractivity contribution in [3.8, 4) is 11.4 Å². The Labute approximate surface area is 123 Å². The molecule has 1 aromatic carbocycles. The zero-order valence-electron chi connectivity index (χ0n) is 10.6. The van der Waals surface area contributed by atoms with Gasteiger partial charge in [0.15, 0.2) is 5.82 Å². The van der Waals surface area contributed by atoms with E-state index in [0.717, 1.165) is 10.7 Å². The van der Waals surface area contributed by atoms with Crippen LogP contribution in [-0.2, 0) is 5.75 Å². The van der Waals surface area contributed by atoms with Crippen molar-refractivity contribution in [1.82, 2.24) is 20.2 Å². The van der Waals surface area contributed by atoms with Gasteiger partial charge in [-0.25, -0.2) is 14.4 Å². The van der Waals surface area contributed by atoms with E-state index in [-0.39, 0.29) is 5.82 Å². The van der Waals surface area contributed by atoms with Gasteiger partial charge in [0.25, 0.3) is 0 Å². The number of H-pyrrole nitrogens is 1. The first kappa shape index (κ1) is 13.3. The zero-order valence-corrected chi connectivity index (χ0v) is 12.3. The van der Waals surface area contributed by atoms with Gasteiger partial charge in [0.2, 0.25) is 5.16 Å². The van der Waals surface area contributed by atoms with Crippen LogP contribution in [0.3, 0.4) is 0 Å². The lowest BCUT2D eigenvalue weighted by Gasteiger charge is -1.96. The highest BCUT2D eigenvalue weighted by molar-refractivity contribution is 7.98. The fourth-order valence-corrected chi connectivity index (χ4v) is 3.11. The molecular weight excluding hydrogens is 295 g/mol. The number of nitrogens with zero attached hydrogens (tertiary/aromatic N) is 3. The van der Waals surface area contributed by atoms with Crippen molar-refractivity contribution in [2.24, 2.45) is 0 Å². The van der Waals surface area contributed by atoms with Gasteiger partial charge >= 0.3 is 0 Å². The molecule has 0 aliphatic heterocycles. The second-order valence-corrected chi connectivity index (χ2v) is 6.10. The number of benzene rings is 1. The molecule has 3 rings (SSSR count). The summed E-state index contributed by atoms with van der Waals surface area (Å²) in [6, 6.07) is 6.50. The summed E-state index contributed by atoms with van der Waals surface area (Å²) in [5, 5.41) is 10.5. The molecule has 0 unspecified atom stereocenters. The van der Waals surface area contributed by atoms with Crippen LogP contribution in [0.1, 0.15) is 10.7 Å². The smallest absolute Gasteiger partial charge is 0.209 e. The number of thioether (sulfide) groups is 1. The number of thiazole rings is 1. The highest BCUT2D eigenvalue weighted by Crippen LogP contribution is 2.24. The lowest BCUT2D eigenvalue weighted by molar-refractivity contribution is 0.630. The maximum absolute atomic E-state index is 13.6. The molecule has 2 heterocycles. The van der Waals surface area contributed by atoms with Crippen molar-refractivity contribution in [3.05, 3.63) is 46.2 Å². The van der Waals surface area contributed by atoms with Gasteiger partial charge in [-0.2, -0.15) is 0 Å². The third kappa shape index (κ3) is 2.88. The normalized spacial score (nSPS) is 10.9. The predicted molar refractivity (Wildman–Crippen MR) is 78.2 cm³/mol. The maximum Gasteiger partial charge on any atom is 0.209 e. The molecule has 3 aromatic rings. The second kappa shape index (κ2) is 5.72. The van der Waals surface area contributed by atoms with Crippen LogP contribution in [0, 0.1) is 12.7 Å². The quantitative estimate of drug-likeness (QED) is 0.747. The van der Waals surface area contributed by atoms with Crippen LogP contribution in [0.2, 0.25) is 0 Å². The molecule has 0 radical (unpaired) electrons. The van der Waals surface area contributed by atoms with E-state index in [9.17, 15) is 4.39 Å². The van der Waals surface area contributed by atoms with Crippen molar-refractivity contribution in [3.63, 3.8) is 0 Å². The number of aromatic amines is 1. The van der Waals surface area contributed by atoms with Crippen LogP contribution in [0.4, 0.5) is 4.39 Å². The van der Waals surface area contributed by atoms with Gasteiger partial charge in [0.05, 0.1) is 16.3 Å². The Morgan fingerprint density at radius 3 is 2.90 bits per heavy atom. The number of hydrogen-bond donors (Lipinski definition) is 1. The summed E-state index contributed by atoms with van der Waals surface area (Å²) in [5.41, 5.74) is 1.44. The molecule has 102 valence electrons. The summed E-state index contributed by atoms with van der Waals surface area (Å²) in [4.78, 5) is 8.67. The van der Waals surface area contributed by atoms with Gasteiger partial charge < -0.3 is 0 Å². The minimum absolute atomic E-state index is 0.310. The average Bonchev–Trinajstić information content (AvgIpc) is 3.06. The van der Waals surface area contributed by atoms with E-state index in [2.05, 4.69) is 20.2 Å². The van der Waals surface area contributed by atoms with Crippen LogP contribution in [0.5, 0.6) is 0 Å². The Bertz CT molecular complexity index is 722. The first-order valence-electron chi connectivity index (χ1n) is 5.93. The minimum atomic E-state index is -0.310. The van der Waals surface area contributed by atoms with E-state index in [1.54, 1.807) is 29.5 Å². The first-order valence-corrected chi connectivity index (χ1v) is 7.80. The summed E-state index contributed by atoms with van der Waals surface area (Å²) in [6.07, 6.45) is 0. The van der Waals surface area contributed by atoms with Crippen LogP contribution in [0.15, 0.2) is 34.8 Å². The average molecular weight is 306 g/mol. The number of rotatable bonds is 4. The first-order chi connectivity index (χ1) is 9.72. The van der Waals surface area contributed by atoms with Crippen LogP contribution >= 0.6 is 23.1 Å². The maximum atomic E-state index is 13.6. The Kier molecular flexibility index (Phi) is 3.79. The monoisotopic (exact) mass is 306 g/mol. The van der Waals surface area contributed by atoms with Crippen LogP contribution in [0.25, 0.3) is 11.4 Å². The third-order valence-electron chi connectivity index (χ3n) is 2.61. The highest BCUT2D eigenvalue weighted by Gasteiger charge is 2.10. The number of aromatic nitrogens is 4. The lowest BCUT2D eigenvalue weighted by atomic mass is 10.2. The molecule has 0 saturated heterocycles. The van der Waals surface area contributed by atoms with E-state index >= 15 is 0 Å². The molecule has 0 aliphatic rings. The summed E-state index contributed by atoms with van der Waals surface area (Å²) >= 11 is 3.10. The third-order valence-corrected chi connectivity index (χ3v) is 4.31. The zero-order chi connectivity index (χ0) is 13.9. The molecule has 20 heavy (non-hydrogen) atoms. The molecule has 0 spiro atoms. The number of nitrogens with one attached hydrogen (secondary N) is 1. The van der Waals surface area contributed by atoms with Crippen molar-refractivity contribution >= 4 is 23.1 Å². The van der Waals surface area contributed by atoms with Crippen molar-refractivity contribution < 1.29 is 4.39 Å². The molecule has 0 fully saturated rings. The van der Waals surface area contributed by atoms with E-state index in [1.807, 2.05) is 12.3 Å². The van der Waals surface area contributed by atoms with E-state index in [4.69, 9.17) is 0 Å². The van der Waals surface area contributed by atoms with E-state index < -0.39 is 0 Å². The Balaban J connectivity index is 1.72. The number of aryl methyl sites for hydroxylation is 1. The summed E-state index contributed by atoms with van der Waals surface area (Å²) in [6.45, 7) is 1.97. The SMILES string of the molecule is Cc1nc(CSc2n[nH]c(-c3ccccc3F)n2)cs1. The summed E-state index contributed by atoms with van der Waals surface area (Å²) < 4.78 is 13.6.